The van der Waals surface area contributed by atoms with Crippen LogP contribution in [0, 0.1) is 6.92 Å². The highest BCUT2D eigenvalue weighted by molar-refractivity contribution is 6.10. The molecule has 2 saturated heterocycles. The van der Waals surface area contributed by atoms with E-state index in [-0.39, 0.29) is 11.8 Å². The number of aryl methyl sites for hydroxylation is 1. The van der Waals surface area contributed by atoms with Crippen molar-refractivity contribution in [2.75, 3.05) is 13.1 Å². The molecular formula is C19H25N3O3. The van der Waals surface area contributed by atoms with Crippen molar-refractivity contribution in [3.8, 4) is 0 Å². The Morgan fingerprint density at radius 2 is 1.80 bits per heavy atom. The minimum Gasteiger partial charge on any atom is -0.341 e. The summed E-state index contributed by atoms with van der Waals surface area (Å²) in [7, 11) is 0. The number of urea groups is 1. The van der Waals surface area contributed by atoms with E-state index < -0.39 is 17.6 Å². The number of hydrogen-bond acceptors (Lipinski definition) is 3. The standard InChI is InChI=1S/C19H25N3O3/c1-4-19(15-9-7-13(2)8-10-15)17(24)22(18(25)20-19)14(3)16(23)21-11-5-6-12-21/h7-10,14H,4-6,11-12H2,1-3H3,(H,20,25)/t14-,19+/m0/s1. The Kier molecular flexibility index (Phi) is 4.54. The van der Waals surface area contributed by atoms with Gasteiger partial charge in [0, 0.05) is 13.1 Å². The second-order valence-corrected chi connectivity index (χ2v) is 6.94. The van der Waals surface area contributed by atoms with Gasteiger partial charge < -0.3 is 10.2 Å². The minimum absolute atomic E-state index is 0.156. The fourth-order valence-corrected chi connectivity index (χ4v) is 3.74. The van der Waals surface area contributed by atoms with E-state index in [0.29, 0.717) is 19.5 Å². The molecule has 6 nitrogen and oxygen atoms in total. The van der Waals surface area contributed by atoms with Crippen LogP contribution in [0.25, 0.3) is 0 Å². The molecule has 2 heterocycles. The topological polar surface area (TPSA) is 69.7 Å². The normalized spacial score (nSPS) is 24.6. The third-order valence-corrected chi connectivity index (χ3v) is 5.36. The molecule has 134 valence electrons. The lowest BCUT2D eigenvalue weighted by Gasteiger charge is -2.28. The number of nitrogens with one attached hydrogen (secondary N) is 1. The quantitative estimate of drug-likeness (QED) is 0.852. The molecule has 2 aliphatic rings. The number of imide groups is 1. The molecule has 0 unspecified atom stereocenters. The Labute approximate surface area is 148 Å². The van der Waals surface area contributed by atoms with Crippen molar-refractivity contribution in [2.45, 2.75) is 51.6 Å². The van der Waals surface area contributed by atoms with E-state index in [0.717, 1.165) is 28.9 Å². The first-order chi connectivity index (χ1) is 11.9. The van der Waals surface area contributed by atoms with Crippen LogP contribution in [0.1, 0.15) is 44.2 Å². The van der Waals surface area contributed by atoms with E-state index in [4.69, 9.17) is 0 Å². The van der Waals surface area contributed by atoms with Gasteiger partial charge in [-0.25, -0.2) is 9.69 Å². The van der Waals surface area contributed by atoms with E-state index in [1.54, 1.807) is 11.8 Å². The number of nitrogens with zero attached hydrogens (tertiary/aromatic N) is 2. The number of benzene rings is 1. The van der Waals surface area contributed by atoms with E-state index in [9.17, 15) is 14.4 Å². The van der Waals surface area contributed by atoms with Gasteiger partial charge in [0.15, 0.2) is 0 Å². The highest BCUT2D eigenvalue weighted by Crippen LogP contribution is 2.34. The summed E-state index contributed by atoms with van der Waals surface area (Å²) >= 11 is 0. The maximum Gasteiger partial charge on any atom is 0.326 e. The molecule has 0 saturated carbocycles. The van der Waals surface area contributed by atoms with E-state index in [1.807, 2.05) is 38.1 Å². The van der Waals surface area contributed by atoms with Gasteiger partial charge in [-0.1, -0.05) is 36.8 Å². The molecule has 3 rings (SSSR count). The van der Waals surface area contributed by atoms with Gasteiger partial charge in [-0.3, -0.25) is 9.59 Å². The van der Waals surface area contributed by atoms with Crippen molar-refractivity contribution >= 4 is 17.8 Å². The van der Waals surface area contributed by atoms with Crippen LogP contribution in [-0.4, -0.2) is 46.8 Å². The van der Waals surface area contributed by atoms with Gasteiger partial charge in [-0.15, -0.1) is 0 Å². The van der Waals surface area contributed by atoms with Crippen LogP contribution in [0.4, 0.5) is 4.79 Å². The molecule has 2 aliphatic heterocycles. The Hall–Kier alpha value is -2.37. The molecular weight excluding hydrogens is 318 g/mol. The molecule has 1 aromatic carbocycles. The van der Waals surface area contributed by atoms with Crippen LogP contribution in [-0.2, 0) is 15.1 Å². The molecule has 0 aliphatic carbocycles. The average molecular weight is 343 g/mol. The number of likely N-dealkylation sites (tertiary alicyclic amines) is 1. The fourth-order valence-electron chi connectivity index (χ4n) is 3.74. The van der Waals surface area contributed by atoms with Crippen molar-refractivity contribution in [3.63, 3.8) is 0 Å². The highest BCUT2D eigenvalue weighted by Gasteiger charge is 2.54. The summed E-state index contributed by atoms with van der Waals surface area (Å²) in [6, 6.07) is 6.30. The predicted octanol–water partition coefficient (Wildman–Crippen LogP) is 2.16. The maximum absolute atomic E-state index is 13.2. The third-order valence-electron chi connectivity index (χ3n) is 5.36. The minimum atomic E-state index is -1.09. The molecule has 25 heavy (non-hydrogen) atoms. The summed E-state index contributed by atoms with van der Waals surface area (Å²) in [5.74, 6) is -0.499. The monoisotopic (exact) mass is 343 g/mol. The van der Waals surface area contributed by atoms with E-state index >= 15 is 0 Å². The van der Waals surface area contributed by atoms with Crippen LogP contribution in [0.3, 0.4) is 0 Å². The number of carbonyl (C=O) groups is 3. The lowest BCUT2D eigenvalue weighted by Crippen LogP contribution is -2.50. The Morgan fingerprint density at radius 3 is 2.36 bits per heavy atom. The van der Waals surface area contributed by atoms with Crippen molar-refractivity contribution in [2.24, 2.45) is 0 Å². The van der Waals surface area contributed by atoms with Crippen molar-refractivity contribution < 1.29 is 14.4 Å². The second-order valence-electron chi connectivity index (χ2n) is 6.94. The highest BCUT2D eigenvalue weighted by atomic mass is 16.2. The second kappa shape index (κ2) is 6.50. The summed E-state index contributed by atoms with van der Waals surface area (Å²) in [4.78, 5) is 41.3. The number of carbonyl (C=O) groups excluding carboxylic acids is 3. The molecule has 6 heteroatoms. The molecule has 0 bridgehead atoms. The lowest BCUT2D eigenvalue weighted by molar-refractivity contribution is -0.142. The van der Waals surface area contributed by atoms with Gasteiger partial charge in [-0.2, -0.15) is 0 Å². The maximum atomic E-state index is 13.2. The van der Waals surface area contributed by atoms with Crippen molar-refractivity contribution in [3.05, 3.63) is 35.4 Å². The zero-order valence-corrected chi connectivity index (χ0v) is 15.0. The van der Waals surface area contributed by atoms with Gasteiger partial charge in [0.2, 0.25) is 5.91 Å². The third kappa shape index (κ3) is 2.79. The summed E-state index contributed by atoms with van der Waals surface area (Å²) < 4.78 is 0. The molecule has 0 radical (unpaired) electrons. The molecule has 4 amide bonds. The van der Waals surface area contributed by atoms with E-state index in [2.05, 4.69) is 5.32 Å². The van der Waals surface area contributed by atoms with E-state index in [1.165, 1.54) is 0 Å². The molecule has 1 N–H and O–H groups in total. The average Bonchev–Trinajstić information content (AvgIpc) is 3.21. The summed E-state index contributed by atoms with van der Waals surface area (Å²) in [5, 5.41) is 2.85. The van der Waals surface area contributed by atoms with Crippen LogP contribution in [0.15, 0.2) is 24.3 Å². The van der Waals surface area contributed by atoms with Crippen molar-refractivity contribution in [1.29, 1.82) is 0 Å². The van der Waals surface area contributed by atoms with Gasteiger partial charge >= 0.3 is 6.03 Å². The number of hydrogen-bond donors (Lipinski definition) is 1. The van der Waals surface area contributed by atoms with Crippen LogP contribution < -0.4 is 5.32 Å². The Balaban J connectivity index is 1.90. The van der Waals surface area contributed by atoms with Crippen molar-refractivity contribution in [1.82, 2.24) is 15.1 Å². The first-order valence-corrected chi connectivity index (χ1v) is 8.92. The van der Waals surface area contributed by atoms with Crippen LogP contribution in [0.2, 0.25) is 0 Å². The van der Waals surface area contributed by atoms with Gasteiger partial charge in [0.25, 0.3) is 5.91 Å². The summed E-state index contributed by atoms with van der Waals surface area (Å²) in [6.07, 6.45) is 2.38. The fraction of sp³-hybridized carbons (Fsp3) is 0.526. The number of amides is 4. The SMILES string of the molecule is CC[C@]1(c2ccc(C)cc2)NC(=O)N([C@@H](C)C(=O)N2CCCC2)C1=O. The van der Waals surface area contributed by atoms with Gasteiger partial charge in [0.1, 0.15) is 11.6 Å². The molecule has 1 aromatic rings. The first-order valence-electron chi connectivity index (χ1n) is 8.92. The summed E-state index contributed by atoms with van der Waals surface area (Å²) in [6.45, 7) is 6.88. The van der Waals surface area contributed by atoms with Gasteiger partial charge in [-0.05, 0) is 38.7 Å². The predicted molar refractivity (Wildman–Crippen MR) is 93.8 cm³/mol. The number of rotatable bonds is 4. The molecule has 0 aromatic heterocycles. The largest absolute Gasteiger partial charge is 0.341 e. The smallest absolute Gasteiger partial charge is 0.326 e. The van der Waals surface area contributed by atoms with Gasteiger partial charge in [0.05, 0.1) is 0 Å². The first kappa shape index (κ1) is 17.5. The zero-order chi connectivity index (χ0) is 18.2. The Morgan fingerprint density at radius 1 is 1.20 bits per heavy atom. The molecule has 2 fully saturated rings. The lowest BCUT2D eigenvalue weighted by atomic mass is 9.86. The zero-order valence-electron chi connectivity index (χ0n) is 15.0. The van der Waals surface area contributed by atoms with Crippen LogP contribution in [0.5, 0.6) is 0 Å². The molecule has 2 atom stereocenters. The summed E-state index contributed by atoms with van der Waals surface area (Å²) in [5.41, 5.74) is 0.744. The Bertz CT molecular complexity index is 694. The van der Waals surface area contributed by atoms with Crippen LogP contribution >= 0.6 is 0 Å². The molecule has 0 spiro atoms.